The number of ether oxygens (including phenoxy) is 1. The molecule has 0 spiro atoms. The van der Waals surface area contributed by atoms with Crippen molar-refractivity contribution in [2.45, 2.75) is 26.4 Å². The first kappa shape index (κ1) is 15.8. The number of carbonyl (C=O) groups is 2. The van der Waals surface area contributed by atoms with E-state index in [0.717, 1.165) is 10.8 Å². The fourth-order valence-corrected chi connectivity index (χ4v) is 2.09. The van der Waals surface area contributed by atoms with Gasteiger partial charge in [-0.05, 0) is 44.4 Å². The maximum absolute atomic E-state index is 12.0. The molecule has 4 nitrogen and oxygen atoms in total. The van der Waals surface area contributed by atoms with E-state index in [1.165, 1.54) is 6.08 Å². The molecular weight excluding hydrogens is 278 g/mol. The number of ketones is 1. The summed E-state index contributed by atoms with van der Waals surface area (Å²) in [5.74, 6) is -0.196. The molecule has 0 unspecified atom stereocenters. The van der Waals surface area contributed by atoms with Crippen LogP contribution in [0.2, 0.25) is 0 Å². The van der Waals surface area contributed by atoms with E-state index in [1.54, 1.807) is 32.9 Å². The normalized spacial score (nSPS) is 11.0. The lowest BCUT2D eigenvalue weighted by atomic mass is 10.0. The van der Waals surface area contributed by atoms with Gasteiger partial charge < -0.3 is 4.74 Å². The lowest BCUT2D eigenvalue weighted by molar-refractivity contribution is 0.0636. The summed E-state index contributed by atoms with van der Waals surface area (Å²) >= 11 is 0. The number of rotatable bonds is 3. The molecule has 4 heteroatoms. The Bertz CT molecular complexity index is 742. The van der Waals surface area contributed by atoms with Crippen molar-refractivity contribution in [3.05, 3.63) is 54.6 Å². The van der Waals surface area contributed by atoms with Gasteiger partial charge in [0.05, 0.1) is 5.69 Å². The van der Waals surface area contributed by atoms with E-state index in [4.69, 9.17) is 4.74 Å². The van der Waals surface area contributed by atoms with Crippen molar-refractivity contribution in [1.82, 2.24) is 0 Å². The van der Waals surface area contributed by atoms with Crippen LogP contribution in [0.3, 0.4) is 0 Å². The van der Waals surface area contributed by atoms with Crippen LogP contribution in [0, 0.1) is 0 Å². The fraction of sp³-hybridized carbons (Fsp3) is 0.222. The third kappa shape index (κ3) is 3.73. The van der Waals surface area contributed by atoms with Crippen LogP contribution in [-0.4, -0.2) is 17.5 Å². The van der Waals surface area contributed by atoms with Gasteiger partial charge in [-0.2, -0.15) is 0 Å². The Labute approximate surface area is 129 Å². The molecule has 2 aromatic carbocycles. The van der Waals surface area contributed by atoms with Gasteiger partial charge in [0.25, 0.3) is 0 Å². The summed E-state index contributed by atoms with van der Waals surface area (Å²) in [5.41, 5.74) is 0.423. The van der Waals surface area contributed by atoms with Crippen LogP contribution >= 0.6 is 0 Å². The van der Waals surface area contributed by atoms with Crippen LogP contribution < -0.4 is 5.32 Å². The summed E-state index contributed by atoms with van der Waals surface area (Å²) in [7, 11) is 0. The first-order valence-electron chi connectivity index (χ1n) is 7.00. The van der Waals surface area contributed by atoms with Crippen LogP contribution in [0.25, 0.3) is 10.8 Å². The molecule has 1 amide bonds. The second-order valence-corrected chi connectivity index (χ2v) is 5.94. The molecule has 0 radical (unpaired) electrons. The molecular formula is C18H19NO3. The highest BCUT2D eigenvalue weighted by Crippen LogP contribution is 2.26. The predicted molar refractivity (Wildman–Crippen MR) is 88.3 cm³/mol. The molecule has 1 N–H and O–H groups in total. The van der Waals surface area contributed by atoms with Gasteiger partial charge in [-0.3, -0.25) is 10.1 Å². The molecule has 2 rings (SSSR count). The molecule has 0 aliphatic carbocycles. The summed E-state index contributed by atoms with van der Waals surface area (Å²) in [4.78, 5) is 23.8. The van der Waals surface area contributed by atoms with Crippen LogP contribution in [0.15, 0.2) is 49.1 Å². The van der Waals surface area contributed by atoms with Crippen LogP contribution in [0.5, 0.6) is 0 Å². The summed E-state index contributed by atoms with van der Waals surface area (Å²) in [5, 5.41) is 4.42. The Balaban J connectivity index is 2.44. The van der Waals surface area contributed by atoms with Crippen molar-refractivity contribution in [3.63, 3.8) is 0 Å². The molecule has 2 aromatic rings. The number of fused-ring (bicyclic) bond motifs is 1. The minimum atomic E-state index is -0.589. The van der Waals surface area contributed by atoms with Gasteiger partial charge in [0.2, 0.25) is 0 Å². The minimum Gasteiger partial charge on any atom is -0.444 e. The number of benzene rings is 2. The highest BCUT2D eigenvalue weighted by Gasteiger charge is 2.17. The molecule has 0 fully saturated rings. The molecule has 0 saturated carbocycles. The standard InChI is InChI=1S/C18H19NO3/c1-5-16(20)13-10-12-8-6-7-9-14(12)15(11-13)19-17(21)22-18(2,3)4/h5-11H,1H2,2-4H3,(H,19,21). The summed E-state index contributed by atoms with van der Waals surface area (Å²) in [6, 6.07) is 10.9. The number of carbonyl (C=O) groups excluding carboxylic acids is 2. The lowest BCUT2D eigenvalue weighted by Crippen LogP contribution is -2.27. The Morgan fingerprint density at radius 2 is 1.86 bits per heavy atom. The molecule has 114 valence electrons. The van der Waals surface area contributed by atoms with Gasteiger partial charge in [0, 0.05) is 10.9 Å². The number of hydrogen-bond donors (Lipinski definition) is 1. The van der Waals surface area contributed by atoms with Gasteiger partial charge in [-0.15, -0.1) is 0 Å². The first-order valence-corrected chi connectivity index (χ1v) is 7.00. The Morgan fingerprint density at radius 3 is 2.50 bits per heavy atom. The minimum absolute atomic E-state index is 0.196. The van der Waals surface area contributed by atoms with E-state index in [1.807, 2.05) is 24.3 Å². The maximum Gasteiger partial charge on any atom is 0.412 e. The topological polar surface area (TPSA) is 55.4 Å². The number of hydrogen-bond acceptors (Lipinski definition) is 3. The van der Waals surface area contributed by atoms with Crippen molar-refractivity contribution in [2.75, 3.05) is 5.32 Å². The molecule has 0 aromatic heterocycles. The molecule has 0 aliphatic heterocycles. The largest absolute Gasteiger partial charge is 0.444 e. The molecule has 0 bridgehead atoms. The Kier molecular flexibility index (Phi) is 4.31. The molecule has 0 aliphatic rings. The van der Waals surface area contributed by atoms with Crippen molar-refractivity contribution >= 4 is 28.3 Å². The number of allylic oxidation sites excluding steroid dienone is 1. The second kappa shape index (κ2) is 6.02. The molecule has 0 atom stereocenters. The average Bonchev–Trinajstić information content (AvgIpc) is 2.44. The van der Waals surface area contributed by atoms with Crippen molar-refractivity contribution in [3.8, 4) is 0 Å². The molecule has 0 saturated heterocycles. The molecule has 0 heterocycles. The zero-order valence-corrected chi connectivity index (χ0v) is 13.0. The third-order valence-corrected chi connectivity index (χ3v) is 2.97. The predicted octanol–water partition coefficient (Wildman–Crippen LogP) is 4.56. The zero-order chi connectivity index (χ0) is 16.3. The van der Waals surface area contributed by atoms with E-state index >= 15 is 0 Å². The van der Waals surface area contributed by atoms with Crippen LogP contribution in [-0.2, 0) is 4.74 Å². The van der Waals surface area contributed by atoms with Crippen molar-refractivity contribution in [2.24, 2.45) is 0 Å². The quantitative estimate of drug-likeness (QED) is 0.667. The number of nitrogens with one attached hydrogen (secondary N) is 1. The summed E-state index contributed by atoms with van der Waals surface area (Å²) < 4.78 is 5.26. The molecule has 22 heavy (non-hydrogen) atoms. The number of anilines is 1. The average molecular weight is 297 g/mol. The fourth-order valence-electron chi connectivity index (χ4n) is 2.09. The van der Waals surface area contributed by atoms with Gasteiger partial charge in [0.1, 0.15) is 5.60 Å². The summed E-state index contributed by atoms with van der Waals surface area (Å²) in [6.07, 6.45) is 0.697. The van der Waals surface area contributed by atoms with Gasteiger partial charge >= 0.3 is 6.09 Å². The lowest BCUT2D eigenvalue weighted by Gasteiger charge is -2.20. The Hall–Kier alpha value is -2.62. The smallest absolute Gasteiger partial charge is 0.412 e. The van der Waals surface area contributed by atoms with E-state index in [9.17, 15) is 9.59 Å². The monoisotopic (exact) mass is 297 g/mol. The second-order valence-electron chi connectivity index (χ2n) is 5.94. The SMILES string of the molecule is C=CC(=O)c1cc(NC(=O)OC(C)(C)C)c2ccccc2c1. The number of amides is 1. The zero-order valence-electron chi connectivity index (χ0n) is 13.0. The van der Waals surface area contributed by atoms with E-state index < -0.39 is 11.7 Å². The van der Waals surface area contributed by atoms with E-state index in [-0.39, 0.29) is 5.78 Å². The first-order chi connectivity index (χ1) is 10.3. The van der Waals surface area contributed by atoms with Gasteiger partial charge in [-0.25, -0.2) is 4.79 Å². The van der Waals surface area contributed by atoms with Crippen LogP contribution in [0.1, 0.15) is 31.1 Å². The summed E-state index contributed by atoms with van der Waals surface area (Å²) in [6.45, 7) is 8.88. The third-order valence-electron chi connectivity index (χ3n) is 2.97. The van der Waals surface area contributed by atoms with E-state index in [2.05, 4.69) is 11.9 Å². The van der Waals surface area contributed by atoms with Gasteiger partial charge in [-0.1, -0.05) is 30.8 Å². The maximum atomic E-state index is 12.0. The highest BCUT2D eigenvalue weighted by molar-refractivity contribution is 6.10. The van der Waals surface area contributed by atoms with E-state index in [0.29, 0.717) is 11.3 Å². The Morgan fingerprint density at radius 1 is 1.18 bits per heavy atom. The van der Waals surface area contributed by atoms with Gasteiger partial charge in [0.15, 0.2) is 5.78 Å². The van der Waals surface area contributed by atoms with Crippen molar-refractivity contribution in [1.29, 1.82) is 0 Å². The van der Waals surface area contributed by atoms with Crippen LogP contribution in [0.4, 0.5) is 10.5 Å². The highest BCUT2D eigenvalue weighted by atomic mass is 16.6. The van der Waals surface area contributed by atoms with Crippen molar-refractivity contribution < 1.29 is 14.3 Å².